The molecule has 25 heavy (non-hydrogen) atoms. The quantitative estimate of drug-likeness (QED) is 0.625. The molecule has 2 aromatic carbocycles. The largest absolute Gasteiger partial charge is 0.339 e. The number of piperidine rings is 1. The summed E-state index contributed by atoms with van der Waals surface area (Å²) in [6.07, 6.45) is 4.59. The van der Waals surface area contributed by atoms with Gasteiger partial charge in [0.1, 0.15) is 5.82 Å². The number of hydrogen-bond donors (Lipinski definition) is 0. The molecule has 0 spiro atoms. The van der Waals surface area contributed by atoms with E-state index in [4.69, 9.17) is 0 Å². The van der Waals surface area contributed by atoms with E-state index in [1.807, 2.05) is 30.3 Å². The maximum Gasteiger partial charge on any atom is 0.246 e. The molecule has 0 atom stereocenters. The molecule has 0 saturated carbocycles. The maximum absolute atomic E-state index is 13.3. The molecule has 1 aliphatic rings. The number of rotatable bonds is 4. The van der Waals surface area contributed by atoms with Crippen LogP contribution in [0.2, 0.25) is 0 Å². The monoisotopic (exact) mass is 337 g/mol. The molecule has 0 unspecified atom stereocenters. The molecular weight excluding hydrogens is 317 g/mol. The number of Topliss-reactive ketones (excluding diaryl/α,β-unsaturated/α-hetero) is 1. The Hall–Kier alpha value is -2.75. The van der Waals surface area contributed by atoms with E-state index in [-0.39, 0.29) is 17.6 Å². The minimum absolute atomic E-state index is 0.0357. The summed E-state index contributed by atoms with van der Waals surface area (Å²) in [6, 6.07) is 15.5. The summed E-state index contributed by atoms with van der Waals surface area (Å²) in [5.74, 6) is -0.625. The highest BCUT2D eigenvalue weighted by Crippen LogP contribution is 2.22. The van der Waals surface area contributed by atoms with E-state index < -0.39 is 5.82 Å². The molecule has 1 fully saturated rings. The van der Waals surface area contributed by atoms with Gasteiger partial charge >= 0.3 is 0 Å². The number of ketones is 1. The number of benzene rings is 2. The molecule has 1 amide bonds. The first-order valence-electron chi connectivity index (χ1n) is 8.45. The molecule has 3 nitrogen and oxygen atoms in total. The normalized spacial score (nSPS) is 15.5. The third-order valence-corrected chi connectivity index (χ3v) is 4.50. The summed E-state index contributed by atoms with van der Waals surface area (Å²) in [7, 11) is 0. The van der Waals surface area contributed by atoms with E-state index in [1.54, 1.807) is 29.2 Å². The van der Waals surface area contributed by atoms with Gasteiger partial charge in [-0.1, -0.05) is 42.5 Å². The second kappa shape index (κ2) is 7.88. The number of nitrogens with zero attached hydrogens (tertiary/aromatic N) is 1. The number of amides is 1. The van der Waals surface area contributed by atoms with Crippen LogP contribution in [-0.4, -0.2) is 29.7 Å². The molecule has 0 radical (unpaired) electrons. The highest BCUT2D eigenvalue weighted by molar-refractivity contribution is 5.98. The van der Waals surface area contributed by atoms with E-state index in [0.717, 1.165) is 5.56 Å². The van der Waals surface area contributed by atoms with Gasteiger partial charge in [0.05, 0.1) is 0 Å². The van der Waals surface area contributed by atoms with Gasteiger partial charge in [0.25, 0.3) is 0 Å². The highest BCUT2D eigenvalue weighted by Gasteiger charge is 2.27. The Morgan fingerprint density at radius 1 is 1.00 bits per heavy atom. The van der Waals surface area contributed by atoms with Gasteiger partial charge in [0.15, 0.2) is 5.78 Å². The van der Waals surface area contributed by atoms with Gasteiger partial charge in [-0.25, -0.2) is 4.39 Å². The lowest BCUT2D eigenvalue weighted by Gasteiger charge is -2.30. The summed E-state index contributed by atoms with van der Waals surface area (Å²) in [6.45, 7) is 1.09. The van der Waals surface area contributed by atoms with Crippen molar-refractivity contribution in [2.75, 3.05) is 13.1 Å². The van der Waals surface area contributed by atoms with Crippen LogP contribution in [0.15, 0.2) is 60.7 Å². The Labute approximate surface area is 146 Å². The second-order valence-corrected chi connectivity index (χ2v) is 6.22. The lowest BCUT2D eigenvalue weighted by molar-refractivity contribution is -0.127. The van der Waals surface area contributed by atoms with Crippen LogP contribution in [0.1, 0.15) is 28.8 Å². The van der Waals surface area contributed by atoms with Gasteiger partial charge in [-0.2, -0.15) is 0 Å². The zero-order chi connectivity index (χ0) is 17.6. The summed E-state index contributed by atoms with van der Waals surface area (Å²) in [5, 5.41) is 0. The minimum Gasteiger partial charge on any atom is -0.339 e. The van der Waals surface area contributed by atoms with Gasteiger partial charge in [-0.3, -0.25) is 9.59 Å². The van der Waals surface area contributed by atoms with Crippen molar-refractivity contribution in [3.8, 4) is 0 Å². The van der Waals surface area contributed by atoms with Crippen molar-refractivity contribution in [3.05, 3.63) is 77.6 Å². The van der Waals surface area contributed by atoms with Crippen LogP contribution >= 0.6 is 0 Å². The molecule has 0 N–H and O–H groups in total. The van der Waals surface area contributed by atoms with Gasteiger partial charge in [-0.15, -0.1) is 0 Å². The summed E-state index contributed by atoms with van der Waals surface area (Å²) < 4.78 is 13.3. The van der Waals surface area contributed by atoms with Crippen molar-refractivity contribution in [3.63, 3.8) is 0 Å². The average Bonchev–Trinajstić information content (AvgIpc) is 2.66. The van der Waals surface area contributed by atoms with Gasteiger partial charge < -0.3 is 4.90 Å². The van der Waals surface area contributed by atoms with Gasteiger partial charge in [0.2, 0.25) is 5.91 Å². The van der Waals surface area contributed by atoms with Gasteiger partial charge in [0, 0.05) is 30.6 Å². The number of carbonyl (C=O) groups excluding carboxylic acids is 2. The van der Waals surface area contributed by atoms with Gasteiger partial charge in [-0.05, 0) is 36.6 Å². The lowest BCUT2D eigenvalue weighted by Crippen LogP contribution is -2.39. The smallest absolute Gasteiger partial charge is 0.246 e. The fourth-order valence-electron chi connectivity index (χ4n) is 3.08. The summed E-state index contributed by atoms with van der Waals surface area (Å²) >= 11 is 0. The molecule has 2 aromatic rings. The summed E-state index contributed by atoms with van der Waals surface area (Å²) in [4.78, 5) is 26.5. The highest BCUT2D eigenvalue weighted by atomic mass is 19.1. The molecular formula is C21H20FNO2. The predicted molar refractivity (Wildman–Crippen MR) is 95.5 cm³/mol. The topological polar surface area (TPSA) is 37.4 Å². The van der Waals surface area contributed by atoms with Crippen LogP contribution < -0.4 is 0 Å². The Morgan fingerprint density at radius 3 is 2.40 bits per heavy atom. The second-order valence-electron chi connectivity index (χ2n) is 6.22. The van der Waals surface area contributed by atoms with Crippen molar-refractivity contribution in [1.82, 2.24) is 4.90 Å². The van der Waals surface area contributed by atoms with E-state index >= 15 is 0 Å². The van der Waals surface area contributed by atoms with Crippen LogP contribution in [0.4, 0.5) is 4.39 Å². The molecule has 3 rings (SSSR count). The predicted octanol–water partition coefficient (Wildman–Crippen LogP) is 3.96. The number of likely N-dealkylation sites (tertiary alicyclic amines) is 1. The van der Waals surface area contributed by atoms with Crippen LogP contribution in [0.5, 0.6) is 0 Å². The van der Waals surface area contributed by atoms with Crippen LogP contribution in [-0.2, 0) is 4.79 Å². The average molecular weight is 337 g/mol. The van der Waals surface area contributed by atoms with Crippen molar-refractivity contribution in [2.24, 2.45) is 5.92 Å². The Balaban J connectivity index is 1.55. The molecule has 4 heteroatoms. The first-order chi connectivity index (χ1) is 12.1. The van der Waals surface area contributed by atoms with Crippen LogP contribution in [0.25, 0.3) is 6.08 Å². The third kappa shape index (κ3) is 4.41. The number of carbonyl (C=O) groups is 2. The Kier molecular flexibility index (Phi) is 5.39. The van der Waals surface area contributed by atoms with Crippen molar-refractivity contribution in [1.29, 1.82) is 0 Å². The lowest BCUT2D eigenvalue weighted by atomic mass is 9.89. The standard InChI is InChI=1S/C21H20FNO2/c22-19-8-4-7-18(15-19)21(25)17-11-13-23(14-12-17)20(24)10-9-16-5-2-1-3-6-16/h1-10,15,17H,11-14H2/b10-9+. The van der Waals surface area contributed by atoms with Crippen LogP contribution in [0, 0.1) is 11.7 Å². The Bertz CT molecular complexity index is 777. The molecule has 1 heterocycles. The first kappa shape index (κ1) is 17.1. The fraction of sp³-hybridized carbons (Fsp3) is 0.238. The summed E-state index contributed by atoms with van der Waals surface area (Å²) in [5.41, 5.74) is 1.39. The SMILES string of the molecule is O=C(c1cccc(F)c1)C1CCN(C(=O)/C=C/c2ccccc2)CC1. The molecule has 0 aromatic heterocycles. The number of halogens is 1. The minimum atomic E-state index is -0.399. The third-order valence-electron chi connectivity index (χ3n) is 4.50. The van der Waals surface area contributed by atoms with Crippen molar-refractivity contribution >= 4 is 17.8 Å². The van der Waals surface area contributed by atoms with Crippen molar-refractivity contribution < 1.29 is 14.0 Å². The van der Waals surface area contributed by atoms with Crippen molar-refractivity contribution in [2.45, 2.75) is 12.8 Å². The zero-order valence-electron chi connectivity index (χ0n) is 13.9. The fourth-order valence-corrected chi connectivity index (χ4v) is 3.08. The van der Waals surface area contributed by atoms with E-state index in [2.05, 4.69) is 0 Å². The molecule has 1 saturated heterocycles. The van der Waals surface area contributed by atoms with E-state index in [0.29, 0.717) is 31.5 Å². The molecule has 128 valence electrons. The number of hydrogen-bond acceptors (Lipinski definition) is 2. The molecule has 1 aliphatic heterocycles. The van der Waals surface area contributed by atoms with Crippen LogP contribution in [0.3, 0.4) is 0 Å². The first-order valence-corrected chi connectivity index (χ1v) is 8.45. The van der Waals surface area contributed by atoms with E-state index in [1.165, 1.54) is 12.1 Å². The zero-order valence-corrected chi connectivity index (χ0v) is 13.9. The molecule has 0 bridgehead atoms. The molecule has 0 aliphatic carbocycles. The Morgan fingerprint density at radius 2 is 1.72 bits per heavy atom. The van der Waals surface area contributed by atoms with E-state index in [9.17, 15) is 14.0 Å². The maximum atomic E-state index is 13.3.